The summed E-state index contributed by atoms with van der Waals surface area (Å²) in [7, 11) is 0. The highest BCUT2D eigenvalue weighted by Crippen LogP contribution is 2.21. The summed E-state index contributed by atoms with van der Waals surface area (Å²) in [6.07, 6.45) is 5.59. The molecule has 13 heavy (non-hydrogen) atoms. The minimum absolute atomic E-state index is 0.478. The molecule has 0 saturated carbocycles. The van der Waals surface area contributed by atoms with Crippen LogP contribution in [-0.4, -0.2) is 9.97 Å². The van der Waals surface area contributed by atoms with Crippen LogP contribution in [0.25, 0.3) is 10.9 Å². The molecule has 0 fully saturated rings. The predicted molar refractivity (Wildman–Crippen MR) is 53.6 cm³/mol. The average Bonchev–Trinajstić information content (AvgIpc) is 2.17. The second kappa shape index (κ2) is 3.13. The van der Waals surface area contributed by atoms with Crippen molar-refractivity contribution in [1.29, 1.82) is 0 Å². The van der Waals surface area contributed by atoms with Crippen molar-refractivity contribution in [1.82, 2.24) is 9.97 Å². The molecule has 2 heterocycles. The summed E-state index contributed by atoms with van der Waals surface area (Å²) in [5.41, 5.74) is 2.30. The van der Waals surface area contributed by atoms with Gasteiger partial charge in [-0.25, -0.2) is 0 Å². The van der Waals surface area contributed by atoms with Crippen LogP contribution in [0.2, 0.25) is 0 Å². The number of rotatable bonds is 1. The smallest absolute Gasteiger partial charge is 0.0767 e. The lowest BCUT2D eigenvalue weighted by Crippen LogP contribution is -1.92. The molecule has 2 rings (SSSR count). The monoisotopic (exact) mass is 172 g/mol. The fourth-order valence-corrected chi connectivity index (χ4v) is 1.44. The van der Waals surface area contributed by atoms with Crippen LogP contribution in [0, 0.1) is 0 Å². The third kappa shape index (κ3) is 1.39. The first-order valence-electron chi connectivity index (χ1n) is 4.47. The first-order chi connectivity index (χ1) is 6.29. The van der Waals surface area contributed by atoms with Crippen molar-refractivity contribution in [2.45, 2.75) is 19.8 Å². The molecule has 0 radical (unpaired) electrons. The Kier molecular flexibility index (Phi) is 1.97. The minimum atomic E-state index is 0.478. The zero-order chi connectivity index (χ0) is 9.26. The van der Waals surface area contributed by atoms with E-state index in [9.17, 15) is 0 Å². The van der Waals surface area contributed by atoms with Gasteiger partial charge >= 0.3 is 0 Å². The van der Waals surface area contributed by atoms with Crippen LogP contribution in [0.15, 0.2) is 30.7 Å². The van der Waals surface area contributed by atoms with Crippen molar-refractivity contribution >= 4 is 10.9 Å². The molecule has 0 aliphatic heterocycles. The van der Waals surface area contributed by atoms with E-state index >= 15 is 0 Å². The topological polar surface area (TPSA) is 25.8 Å². The molecule has 0 N–H and O–H groups in total. The Balaban J connectivity index is 2.76. The van der Waals surface area contributed by atoms with Gasteiger partial charge in [-0.3, -0.25) is 9.97 Å². The molecule has 0 amide bonds. The van der Waals surface area contributed by atoms with Crippen molar-refractivity contribution < 1.29 is 0 Å². The van der Waals surface area contributed by atoms with E-state index in [1.807, 2.05) is 30.7 Å². The largest absolute Gasteiger partial charge is 0.264 e. The molecule has 2 aromatic rings. The van der Waals surface area contributed by atoms with Gasteiger partial charge in [0.15, 0.2) is 0 Å². The molecular weight excluding hydrogens is 160 g/mol. The van der Waals surface area contributed by atoms with Gasteiger partial charge in [0.2, 0.25) is 0 Å². The Hall–Kier alpha value is -1.44. The lowest BCUT2D eigenvalue weighted by atomic mass is 10.0. The van der Waals surface area contributed by atoms with E-state index in [0.29, 0.717) is 5.92 Å². The van der Waals surface area contributed by atoms with Gasteiger partial charge in [-0.15, -0.1) is 0 Å². The number of fused-ring (bicyclic) bond motifs is 1. The second-order valence-electron chi connectivity index (χ2n) is 3.46. The SMILES string of the molecule is CC(C)c1cncc2cccnc12. The molecule has 0 unspecified atom stereocenters. The molecule has 0 atom stereocenters. The quantitative estimate of drug-likeness (QED) is 0.661. The maximum atomic E-state index is 4.36. The first kappa shape index (κ1) is 8.17. The molecule has 0 saturated heterocycles. The van der Waals surface area contributed by atoms with E-state index in [0.717, 1.165) is 10.9 Å². The lowest BCUT2D eigenvalue weighted by molar-refractivity contribution is 0.865. The van der Waals surface area contributed by atoms with Crippen molar-refractivity contribution in [3.05, 3.63) is 36.3 Å². The van der Waals surface area contributed by atoms with Gasteiger partial charge in [0.25, 0.3) is 0 Å². The third-order valence-corrected chi connectivity index (χ3v) is 2.16. The summed E-state index contributed by atoms with van der Waals surface area (Å²) in [6.45, 7) is 4.32. The Morgan fingerprint density at radius 3 is 2.85 bits per heavy atom. The highest BCUT2D eigenvalue weighted by atomic mass is 14.7. The number of pyridine rings is 2. The molecule has 2 nitrogen and oxygen atoms in total. The van der Waals surface area contributed by atoms with E-state index < -0.39 is 0 Å². The van der Waals surface area contributed by atoms with Crippen LogP contribution < -0.4 is 0 Å². The number of aromatic nitrogens is 2. The summed E-state index contributed by atoms with van der Waals surface area (Å²) in [5.74, 6) is 0.478. The van der Waals surface area contributed by atoms with Gasteiger partial charge in [0.05, 0.1) is 5.52 Å². The normalized spacial score (nSPS) is 11.0. The fraction of sp³-hybridized carbons (Fsp3) is 0.273. The van der Waals surface area contributed by atoms with Gasteiger partial charge in [0, 0.05) is 24.0 Å². The van der Waals surface area contributed by atoms with Gasteiger partial charge in [-0.2, -0.15) is 0 Å². The van der Waals surface area contributed by atoms with E-state index in [1.54, 1.807) is 0 Å². The Labute approximate surface area is 77.6 Å². The zero-order valence-electron chi connectivity index (χ0n) is 7.86. The van der Waals surface area contributed by atoms with Crippen LogP contribution in [-0.2, 0) is 0 Å². The molecule has 0 aromatic carbocycles. The van der Waals surface area contributed by atoms with Crippen LogP contribution in [0.4, 0.5) is 0 Å². The Bertz CT molecular complexity index is 416. The molecule has 66 valence electrons. The van der Waals surface area contributed by atoms with Crippen LogP contribution in [0.1, 0.15) is 25.3 Å². The van der Waals surface area contributed by atoms with E-state index in [2.05, 4.69) is 23.8 Å². The molecule has 2 heteroatoms. The summed E-state index contributed by atoms with van der Waals surface area (Å²) in [4.78, 5) is 8.56. The Morgan fingerprint density at radius 2 is 2.08 bits per heavy atom. The van der Waals surface area contributed by atoms with E-state index in [4.69, 9.17) is 0 Å². The van der Waals surface area contributed by atoms with Gasteiger partial charge in [0.1, 0.15) is 0 Å². The highest BCUT2D eigenvalue weighted by molar-refractivity contribution is 5.80. The maximum Gasteiger partial charge on any atom is 0.0767 e. The van der Waals surface area contributed by atoms with Crippen molar-refractivity contribution in [3.8, 4) is 0 Å². The summed E-state index contributed by atoms with van der Waals surface area (Å²) < 4.78 is 0. The van der Waals surface area contributed by atoms with Crippen molar-refractivity contribution in [3.63, 3.8) is 0 Å². The minimum Gasteiger partial charge on any atom is -0.264 e. The molecule has 0 spiro atoms. The van der Waals surface area contributed by atoms with Gasteiger partial charge in [-0.05, 0) is 23.6 Å². The second-order valence-corrected chi connectivity index (χ2v) is 3.46. The maximum absolute atomic E-state index is 4.36. The zero-order valence-corrected chi connectivity index (χ0v) is 7.86. The van der Waals surface area contributed by atoms with Crippen molar-refractivity contribution in [2.75, 3.05) is 0 Å². The molecule has 0 aliphatic carbocycles. The fourth-order valence-electron chi connectivity index (χ4n) is 1.44. The van der Waals surface area contributed by atoms with Crippen LogP contribution in [0.5, 0.6) is 0 Å². The van der Waals surface area contributed by atoms with Gasteiger partial charge < -0.3 is 0 Å². The highest BCUT2D eigenvalue weighted by Gasteiger charge is 2.05. The number of hydrogen-bond acceptors (Lipinski definition) is 2. The third-order valence-electron chi connectivity index (χ3n) is 2.16. The number of hydrogen-bond donors (Lipinski definition) is 0. The van der Waals surface area contributed by atoms with E-state index in [-0.39, 0.29) is 0 Å². The standard InChI is InChI=1S/C11H12N2/c1-8(2)10-7-12-6-9-4-3-5-13-11(9)10/h3-8H,1-2H3. The molecule has 0 bridgehead atoms. The van der Waals surface area contributed by atoms with Crippen LogP contribution in [0.3, 0.4) is 0 Å². The van der Waals surface area contributed by atoms with Crippen molar-refractivity contribution in [2.24, 2.45) is 0 Å². The summed E-state index contributed by atoms with van der Waals surface area (Å²) in [5, 5.41) is 1.12. The van der Waals surface area contributed by atoms with Crippen LogP contribution >= 0.6 is 0 Å². The number of nitrogens with zero attached hydrogens (tertiary/aromatic N) is 2. The molecule has 0 aliphatic rings. The predicted octanol–water partition coefficient (Wildman–Crippen LogP) is 2.75. The lowest BCUT2D eigenvalue weighted by Gasteiger charge is -2.06. The molecular formula is C11H12N2. The molecule has 2 aromatic heterocycles. The summed E-state index contributed by atoms with van der Waals surface area (Å²) >= 11 is 0. The first-order valence-corrected chi connectivity index (χ1v) is 4.47. The van der Waals surface area contributed by atoms with E-state index in [1.165, 1.54) is 5.56 Å². The van der Waals surface area contributed by atoms with Gasteiger partial charge in [-0.1, -0.05) is 13.8 Å². The Morgan fingerprint density at radius 1 is 1.23 bits per heavy atom. The average molecular weight is 172 g/mol. The summed E-state index contributed by atoms with van der Waals surface area (Å²) in [6, 6.07) is 3.98.